The van der Waals surface area contributed by atoms with Crippen molar-refractivity contribution in [1.29, 1.82) is 0 Å². The van der Waals surface area contributed by atoms with Gasteiger partial charge in [0.15, 0.2) is 0 Å². The topological polar surface area (TPSA) is 58.1 Å². The zero-order chi connectivity index (χ0) is 17.7. The molecule has 0 unspecified atom stereocenters. The van der Waals surface area contributed by atoms with Crippen molar-refractivity contribution in [2.45, 2.75) is 24.1 Å². The number of carbonyl (C=O) groups is 1. The van der Waals surface area contributed by atoms with Gasteiger partial charge in [0.2, 0.25) is 5.95 Å². The third-order valence-corrected chi connectivity index (χ3v) is 3.86. The highest BCUT2D eigenvalue weighted by Gasteiger charge is 2.15. The molecule has 0 radical (unpaired) electrons. The van der Waals surface area contributed by atoms with Gasteiger partial charge >= 0.3 is 0 Å². The summed E-state index contributed by atoms with van der Waals surface area (Å²) in [4.78, 5) is 22.9. The van der Waals surface area contributed by atoms with Gasteiger partial charge in [-0.3, -0.25) is 4.79 Å². The van der Waals surface area contributed by atoms with Crippen LogP contribution in [0.3, 0.4) is 0 Å². The van der Waals surface area contributed by atoms with Crippen LogP contribution in [0.1, 0.15) is 21.7 Å². The van der Waals surface area contributed by atoms with Crippen molar-refractivity contribution in [3.8, 4) is 0 Å². The number of amides is 1. The van der Waals surface area contributed by atoms with Gasteiger partial charge in [-0.15, -0.1) is 0 Å². The van der Waals surface area contributed by atoms with Gasteiger partial charge in [-0.25, -0.2) is 9.97 Å². The Morgan fingerprint density at radius 3 is 2.67 bits per heavy atom. The van der Waals surface area contributed by atoms with Gasteiger partial charge in [0.05, 0.1) is 17.8 Å². The SMILES string of the molecule is Cc1cc(CNC(=O)c2ccccc2SC(F)F)nc(N(C)C)n1. The number of alkyl halides is 2. The summed E-state index contributed by atoms with van der Waals surface area (Å²) in [5.41, 5.74) is 1.66. The average Bonchev–Trinajstić information content (AvgIpc) is 2.52. The first-order valence-corrected chi connectivity index (χ1v) is 8.08. The molecule has 128 valence electrons. The van der Waals surface area contributed by atoms with Crippen LogP contribution < -0.4 is 10.2 Å². The Bertz CT molecular complexity index is 725. The van der Waals surface area contributed by atoms with Crippen LogP contribution in [0, 0.1) is 6.92 Å². The molecule has 1 heterocycles. The summed E-state index contributed by atoms with van der Waals surface area (Å²) in [5, 5.41) is 2.72. The average molecular weight is 352 g/mol. The molecule has 5 nitrogen and oxygen atoms in total. The second kappa shape index (κ2) is 8.05. The molecule has 8 heteroatoms. The Balaban J connectivity index is 2.11. The number of rotatable bonds is 6. The number of aromatic nitrogens is 2. The Kier molecular flexibility index (Phi) is 6.08. The van der Waals surface area contributed by atoms with Gasteiger partial charge in [-0.05, 0) is 25.1 Å². The highest BCUT2D eigenvalue weighted by atomic mass is 32.2. The van der Waals surface area contributed by atoms with Crippen LogP contribution in [0.25, 0.3) is 0 Å². The normalized spacial score (nSPS) is 10.8. The monoisotopic (exact) mass is 352 g/mol. The minimum absolute atomic E-state index is 0.191. The molecule has 0 fully saturated rings. The van der Waals surface area contributed by atoms with E-state index in [0.717, 1.165) is 5.69 Å². The van der Waals surface area contributed by atoms with Crippen molar-refractivity contribution >= 4 is 23.6 Å². The minimum Gasteiger partial charge on any atom is -0.347 e. The molecule has 0 aliphatic rings. The molecule has 0 saturated carbocycles. The highest BCUT2D eigenvalue weighted by molar-refractivity contribution is 7.99. The van der Waals surface area contributed by atoms with E-state index in [9.17, 15) is 13.6 Å². The number of hydrogen-bond donors (Lipinski definition) is 1. The van der Waals surface area contributed by atoms with E-state index in [1.807, 2.05) is 21.0 Å². The van der Waals surface area contributed by atoms with E-state index in [2.05, 4.69) is 15.3 Å². The van der Waals surface area contributed by atoms with Crippen LogP contribution >= 0.6 is 11.8 Å². The maximum absolute atomic E-state index is 12.6. The van der Waals surface area contributed by atoms with E-state index >= 15 is 0 Å². The Labute approximate surface area is 143 Å². The molecule has 0 spiro atoms. The number of aryl methyl sites for hydroxylation is 1. The first-order chi connectivity index (χ1) is 11.4. The lowest BCUT2D eigenvalue weighted by Crippen LogP contribution is -2.25. The van der Waals surface area contributed by atoms with Crippen LogP contribution in [-0.2, 0) is 6.54 Å². The van der Waals surface area contributed by atoms with Crippen LogP contribution in [0.15, 0.2) is 35.2 Å². The third kappa shape index (κ3) is 4.89. The molecule has 1 amide bonds. The van der Waals surface area contributed by atoms with Crippen molar-refractivity contribution in [2.75, 3.05) is 19.0 Å². The summed E-state index contributed by atoms with van der Waals surface area (Å²) >= 11 is 0.357. The van der Waals surface area contributed by atoms with Gasteiger partial charge in [-0.1, -0.05) is 23.9 Å². The largest absolute Gasteiger partial charge is 0.347 e. The Morgan fingerprint density at radius 2 is 2.00 bits per heavy atom. The maximum Gasteiger partial charge on any atom is 0.288 e. The standard InChI is InChI=1S/C16H18F2N4OS/c1-10-8-11(21-16(20-10)22(2)3)9-19-14(23)12-6-4-5-7-13(12)24-15(17)18/h4-8,15H,9H2,1-3H3,(H,19,23). The number of thioether (sulfide) groups is 1. The fourth-order valence-corrected chi connectivity index (χ4v) is 2.66. The fourth-order valence-electron chi connectivity index (χ4n) is 2.03. The molecular weight excluding hydrogens is 334 g/mol. The molecule has 1 aromatic heterocycles. The van der Waals surface area contributed by atoms with Crippen molar-refractivity contribution in [2.24, 2.45) is 0 Å². The number of halogens is 2. The summed E-state index contributed by atoms with van der Waals surface area (Å²) in [5.74, 6) is -2.44. The molecule has 1 aromatic carbocycles. The van der Waals surface area contributed by atoms with Crippen LogP contribution in [0.5, 0.6) is 0 Å². The lowest BCUT2D eigenvalue weighted by atomic mass is 10.2. The molecule has 0 bridgehead atoms. The highest BCUT2D eigenvalue weighted by Crippen LogP contribution is 2.28. The number of anilines is 1. The van der Waals surface area contributed by atoms with Crippen LogP contribution in [0.4, 0.5) is 14.7 Å². The molecular formula is C16H18F2N4OS. The second-order valence-corrected chi connectivity index (χ2v) is 6.28. The van der Waals surface area contributed by atoms with E-state index in [4.69, 9.17) is 0 Å². The summed E-state index contributed by atoms with van der Waals surface area (Å²) in [6, 6.07) is 8.07. The smallest absolute Gasteiger partial charge is 0.288 e. The van der Waals surface area contributed by atoms with E-state index < -0.39 is 11.7 Å². The molecule has 0 aliphatic heterocycles. The van der Waals surface area contributed by atoms with Crippen LogP contribution in [-0.4, -0.2) is 35.7 Å². The molecule has 0 atom stereocenters. The van der Waals surface area contributed by atoms with Crippen molar-refractivity contribution in [3.05, 3.63) is 47.3 Å². The molecule has 2 aromatic rings. The van der Waals surface area contributed by atoms with Crippen molar-refractivity contribution in [3.63, 3.8) is 0 Å². The lowest BCUT2D eigenvalue weighted by Gasteiger charge is -2.13. The summed E-state index contributed by atoms with van der Waals surface area (Å²) in [6.45, 7) is 2.03. The zero-order valence-electron chi connectivity index (χ0n) is 13.6. The number of nitrogens with zero attached hydrogens (tertiary/aromatic N) is 3. The van der Waals surface area contributed by atoms with Gasteiger partial charge in [0.1, 0.15) is 0 Å². The summed E-state index contributed by atoms with van der Waals surface area (Å²) < 4.78 is 25.2. The Morgan fingerprint density at radius 1 is 1.29 bits per heavy atom. The second-order valence-electron chi connectivity index (χ2n) is 5.25. The fraction of sp³-hybridized carbons (Fsp3) is 0.312. The van der Waals surface area contributed by atoms with E-state index in [0.29, 0.717) is 23.4 Å². The van der Waals surface area contributed by atoms with E-state index in [1.54, 1.807) is 23.1 Å². The number of carbonyl (C=O) groups excluding carboxylic acids is 1. The van der Waals surface area contributed by atoms with Gasteiger partial charge in [0, 0.05) is 24.7 Å². The first-order valence-electron chi connectivity index (χ1n) is 7.20. The van der Waals surface area contributed by atoms with Gasteiger partial charge < -0.3 is 10.2 Å². The third-order valence-electron chi connectivity index (χ3n) is 3.07. The quantitative estimate of drug-likeness (QED) is 0.810. The zero-order valence-corrected chi connectivity index (χ0v) is 14.4. The van der Waals surface area contributed by atoms with Gasteiger partial charge in [-0.2, -0.15) is 8.78 Å². The van der Waals surface area contributed by atoms with Crippen LogP contribution in [0.2, 0.25) is 0 Å². The van der Waals surface area contributed by atoms with Crippen molar-refractivity contribution in [1.82, 2.24) is 15.3 Å². The predicted molar refractivity (Wildman–Crippen MR) is 90.6 cm³/mol. The maximum atomic E-state index is 12.6. The summed E-state index contributed by atoms with van der Waals surface area (Å²) in [6.07, 6.45) is 0. The Hall–Kier alpha value is -2.22. The summed E-state index contributed by atoms with van der Waals surface area (Å²) in [7, 11) is 3.66. The molecule has 0 aliphatic carbocycles. The number of nitrogens with one attached hydrogen (secondary N) is 1. The predicted octanol–water partition coefficient (Wildman–Crippen LogP) is 3.10. The minimum atomic E-state index is -2.58. The molecule has 2 rings (SSSR count). The lowest BCUT2D eigenvalue weighted by molar-refractivity contribution is 0.0947. The first kappa shape index (κ1) is 18.1. The molecule has 1 N–H and O–H groups in total. The molecule has 0 saturated heterocycles. The number of benzene rings is 1. The van der Waals surface area contributed by atoms with E-state index in [1.165, 1.54) is 12.1 Å². The number of hydrogen-bond acceptors (Lipinski definition) is 5. The van der Waals surface area contributed by atoms with Crippen molar-refractivity contribution < 1.29 is 13.6 Å². The van der Waals surface area contributed by atoms with E-state index in [-0.39, 0.29) is 17.0 Å². The molecule has 24 heavy (non-hydrogen) atoms. The van der Waals surface area contributed by atoms with Gasteiger partial charge in [0.25, 0.3) is 11.7 Å².